The molecule has 3 rings (SSSR count). The van der Waals surface area contributed by atoms with Crippen molar-refractivity contribution < 1.29 is 22.7 Å². The highest BCUT2D eigenvalue weighted by Gasteiger charge is 2.30. The number of phenols is 1. The summed E-state index contributed by atoms with van der Waals surface area (Å²) in [4.78, 5) is 6.60. The van der Waals surface area contributed by atoms with E-state index in [-0.39, 0.29) is 28.2 Å². The van der Waals surface area contributed by atoms with Crippen molar-refractivity contribution in [2.75, 3.05) is 0 Å². The molecule has 0 aliphatic rings. The number of hydrogen-bond donors (Lipinski definition) is 2. The van der Waals surface area contributed by atoms with Gasteiger partial charge in [-0.15, -0.1) is 0 Å². The Hall–Kier alpha value is -2.57. The predicted octanol–water partition coefficient (Wildman–Crippen LogP) is 4.09. The molecule has 3 aromatic rings. The third-order valence-corrected chi connectivity index (χ3v) is 3.04. The van der Waals surface area contributed by atoms with Gasteiger partial charge in [-0.25, -0.2) is 9.37 Å². The summed E-state index contributed by atoms with van der Waals surface area (Å²) in [5.41, 5.74) is -0.645. The molecule has 1 heterocycles. The third-order valence-electron chi connectivity index (χ3n) is 3.04. The number of hydrogen-bond acceptors (Lipinski definition) is 2. The van der Waals surface area contributed by atoms with Gasteiger partial charge in [0.2, 0.25) is 0 Å². The number of imidazole rings is 1. The van der Waals surface area contributed by atoms with Gasteiger partial charge < -0.3 is 10.1 Å². The van der Waals surface area contributed by atoms with Crippen molar-refractivity contribution in [3.05, 3.63) is 47.8 Å². The summed E-state index contributed by atoms with van der Waals surface area (Å²) in [6.45, 7) is 0. The number of alkyl halides is 3. The lowest BCUT2D eigenvalue weighted by atomic mass is 10.2. The molecule has 3 nitrogen and oxygen atoms in total. The lowest BCUT2D eigenvalue weighted by Crippen LogP contribution is -2.04. The zero-order valence-corrected chi connectivity index (χ0v) is 10.4. The minimum Gasteiger partial charge on any atom is -0.507 e. The Morgan fingerprint density at radius 3 is 2.52 bits per heavy atom. The van der Waals surface area contributed by atoms with Crippen LogP contribution < -0.4 is 0 Å². The van der Waals surface area contributed by atoms with Gasteiger partial charge in [0, 0.05) is 0 Å². The Kier molecular flexibility index (Phi) is 2.86. The Bertz CT molecular complexity index is 803. The summed E-state index contributed by atoms with van der Waals surface area (Å²) >= 11 is 0. The topological polar surface area (TPSA) is 48.9 Å². The molecular weight excluding hydrogens is 288 g/mol. The number of H-pyrrole nitrogens is 1. The van der Waals surface area contributed by atoms with Crippen LogP contribution in [0.1, 0.15) is 5.56 Å². The van der Waals surface area contributed by atoms with Crippen LogP contribution in [0.5, 0.6) is 5.75 Å². The summed E-state index contributed by atoms with van der Waals surface area (Å²) in [6, 6.07) is 6.70. The average Bonchev–Trinajstić information content (AvgIpc) is 2.79. The maximum atomic E-state index is 13.7. The highest BCUT2D eigenvalue weighted by atomic mass is 19.4. The molecule has 0 amide bonds. The molecule has 0 saturated heterocycles. The molecular formula is C14H8F4N2O. The fourth-order valence-electron chi connectivity index (χ4n) is 2.05. The van der Waals surface area contributed by atoms with Gasteiger partial charge in [0.05, 0.1) is 22.2 Å². The molecule has 0 fully saturated rings. The minimum absolute atomic E-state index is 0.0278. The summed E-state index contributed by atoms with van der Waals surface area (Å²) in [5, 5.41) is 9.67. The Morgan fingerprint density at radius 1 is 1.10 bits per heavy atom. The molecule has 108 valence electrons. The first-order chi connectivity index (χ1) is 9.86. The molecule has 0 unspecified atom stereocenters. The van der Waals surface area contributed by atoms with Crippen LogP contribution in [0.2, 0.25) is 0 Å². The molecule has 0 saturated carbocycles. The van der Waals surface area contributed by atoms with Gasteiger partial charge in [0.15, 0.2) is 0 Å². The number of aromatic hydroxyl groups is 1. The average molecular weight is 296 g/mol. The minimum atomic E-state index is -4.47. The predicted molar refractivity (Wildman–Crippen MR) is 68.2 cm³/mol. The van der Waals surface area contributed by atoms with Gasteiger partial charge in [-0.3, -0.25) is 0 Å². The zero-order chi connectivity index (χ0) is 15.2. The van der Waals surface area contributed by atoms with Crippen molar-refractivity contribution in [3.63, 3.8) is 0 Å². The van der Waals surface area contributed by atoms with Gasteiger partial charge >= 0.3 is 6.18 Å². The second-order valence-corrected chi connectivity index (χ2v) is 4.45. The van der Waals surface area contributed by atoms with Gasteiger partial charge in [-0.05, 0) is 30.3 Å². The van der Waals surface area contributed by atoms with E-state index in [0.717, 1.165) is 18.2 Å². The first-order valence-corrected chi connectivity index (χ1v) is 5.91. The summed E-state index contributed by atoms with van der Waals surface area (Å²) in [6.07, 6.45) is -4.47. The monoisotopic (exact) mass is 296 g/mol. The maximum absolute atomic E-state index is 13.7. The fourth-order valence-corrected chi connectivity index (χ4v) is 2.05. The fraction of sp³-hybridized carbons (Fsp3) is 0.0714. The van der Waals surface area contributed by atoms with E-state index in [1.807, 2.05) is 0 Å². The van der Waals surface area contributed by atoms with Crippen LogP contribution in [0.3, 0.4) is 0 Å². The SMILES string of the molecule is Oc1cccc(F)c1-c1nc2ccc(C(F)(F)F)cc2[nH]1. The second kappa shape index (κ2) is 4.47. The number of nitrogens with one attached hydrogen (secondary N) is 1. The van der Waals surface area contributed by atoms with Crippen LogP contribution in [0, 0.1) is 5.82 Å². The highest BCUT2D eigenvalue weighted by Crippen LogP contribution is 2.34. The summed E-state index contributed by atoms with van der Waals surface area (Å²) < 4.78 is 51.7. The lowest BCUT2D eigenvalue weighted by molar-refractivity contribution is -0.137. The van der Waals surface area contributed by atoms with Crippen LogP contribution in [0.25, 0.3) is 22.4 Å². The summed E-state index contributed by atoms with van der Waals surface area (Å²) in [5.74, 6) is -1.09. The number of phenolic OH excluding ortho intramolecular Hbond substituents is 1. The van der Waals surface area contributed by atoms with E-state index in [2.05, 4.69) is 9.97 Å². The quantitative estimate of drug-likeness (QED) is 0.664. The summed E-state index contributed by atoms with van der Waals surface area (Å²) in [7, 11) is 0. The van der Waals surface area contributed by atoms with Crippen molar-refractivity contribution in [3.8, 4) is 17.1 Å². The Balaban J connectivity index is 2.18. The number of nitrogens with zero attached hydrogens (tertiary/aromatic N) is 1. The van der Waals surface area contributed by atoms with Gasteiger partial charge in [0.25, 0.3) is 0 Å². The number of rotatable bonds is 1. The molecule has 1 aromatic heterocycles. The van der Waals surface area contributed by atoms with E-state index >= 15 is 0 Å². The Morgan fingerprint density at radius 2 is 1.86 bits per heavy atom. The zero-order valence-electron chi connectivity index (χ0n) is 10.4. The van der Waals surface area contributed by atoms with Crippen LogP contribution in [0.15, 0.2) is 36.4 Å². The number of aromatic nitrogens is 2. The molecule has 0 atom stereocenters. The van der Waals surface area contributed by atoms with Crippen LogP contribution >= 0.6 is 0 Å². The first kappa shape index (κ1) is 13.4. The lowest BCUT2D eigenvalue weighted by Gasteiger charge is -2.05. The number of benzene rings is 2. The van der Waals surface area contributed by atoms with Crippen molar-refractivity contribution in [2.24, 2.45) is 0 Å². The number of halogens is 4. The van der Waals surface area contributed by atoms with Crippen LogP contribution in [-0.2, 0) is 6.18 Å². The molecule has 21 heavy (non-hydrogen) atoms. The van der Waals surface area contributed by atoms with E-state index in [1.54, 1.807) is 0 Å². The first-order valence-electron chi connectivity index (χ1n) is 5.91. The third kappa shape index (κ3) is 2.31. The molecule has 0 bridgehead atoms. The van der Waals surface area contributed by atoms with E-state index in [4.69, 9.17) is 0 Å². The molecule has 0 aliphatic carbocycles. The van der Waals surface area contributed by atoms with Gasteiger partial charge in [-0.2, -0.15) is 13.2 Å². The molecule has 2 aromatic carbocycles. The largest absolute Gasteiger partial charge is 0.507 e. The van der Waals surface area contributed by atoms with Crippen LogP contribution in [-0.4, -0.2) is 15.1 Å². The Labute approximate surface area is 115 Å². The molecule has 0 spiro atoms. The maximum Gasteiger partial charge on any atom is 0.416 e. The van der Waals surface area contributed by atoms with Crippen molar-refractivity contribution in [2.45, 2.75) is 6.18 Å². The normalized spacial score (nSPS) is 12.0. The highest BCUT2D eigenvalue weighted by molar-refractivity contribution is 5.81. The molecule has 2 N–H and O–H groups in total. The van der Waals surface area contributed by atoms with Crippen molar-refractivity contribution >= 4 is 11.0 Å². The second-order valence-electron chi connectivity index (χ2n) is 4.45. The number of fused-ring (bicyclic) bond motifs is 1. The molecule has 0 aliphatic heterocycles. The molecule has 7 heteroatoms. The smallest absolute Gasteiger partial charge is 0.416 e. The van der Waals surface area contributed by atoms with E-state index in [1.165, 1.54) is 18.2 Å². The van der Waals surface area contributed by atoms with Crippen molar-refractivity contribution in [1.29, 1.82) is 0 Å². The van der Waals surface area contributed by atoms with E-state index < -0.39 is 17.6 Å². The van der Waals surface area contributed by atoms with Crippen LogP contribution in [0.4, 0.5) is 17.6 Å². The number of aromatic amines is 1. The van der Waals surface area contributed by atoms with E-state index in [0.29, 0.717) is 0 Å². The van der Waals surface area contributed by atoms with Gasteiger partial charge in [-0.1, -0.05) is 6.07 Å². The standard InChI is InChI=1S/C14H8F4N2O/c15-8-2-1-3-11(21)12(8)13-19-9-5-4-7(14(16,17)18)6-10(9)20-13/h1-6,21H,(H,19,20). The molecule has 0 radical (unpaired) electrons. The van der Waals surface area contributed by atoms with E-state index in [9.17, 15) is 22.7 Å². The van der Waals surface area contributed by atoms with Crippen molar-refractivity contribution in [1.82, 2.24) is 9.97 Å². The van der Waals surface area contributed by atoms with Gasteiger partial charge in [0.1, 0.15) is 17.4 Å².